The van der Waals surface area contributed by atoms with Gasteiger partial charge in [-0.15, -0.1) is 0 Å². The highest BCUT2D eigenvalue weighted by Gasteiger charge is 2.23. The summed E-state index contributed by atoms with van der Waals surface area (Å²) < 4.78 is 12.7. The summed E-state index contributed by atoms with van der Waals surface area (Å²) in [5.41, 5.74) is 0.977. The number of rotatable bonds is 5. The molecule has 2 rings (SSSR count). The van der Waals surface area contributed by atoms with Crippen molar-refractivity contribution in [1.82, 2.24) is 10.6 Å². The highest BCUT2D eigenvalue weighted by atomic mass is 19.1. The molecule has 4 heteroatoms. The summed E-state index contributed by atoms with van der Waals surface area (Å²) in [4.78, 5) is 11.4. The first-order valence-corrected chi connectivity index (χ1v) is 5.93. The molecule has 0 aliphatic heterocycles. The van der Waals surface area contributed by atoms with E-state index >= 15 is 0 Å². The highest BCUT2D eigenvalue weighted by Crippen LogP contribution is 2.18. The Bertz CT molecular complexity index is 387. The fourth-order valence-electron chi connectivity index (χ4n) is 1.62. The first-order chi connectivity index (χ1) is 8.15. The van der Waals surface area contributed by atoms with Gasteiger partial charge in [0.15, 0.2) is 0 Å². The highest BCUT2D eigenvalue weighted by molar-refractivity contribution is 5.78. The lowest BCUT2D eigenvalue weighted by Crippen LogP contribution is -2.36. The summed E-state index contributed by atoms with van der Waals surface area (Å²) in [6.45, 7) is 2.26. The molecule has 0 aromatic heterocycles. The first kappa shape index (κ1) is 12.0. The third kappa shape index (κ3) is 3.82. The summed E-state index contributed by atoms with van der Waals surface area (Å²) in [5.74, 6) is -0.214. The second-order valence-electron chi connectivity index (χ2n) is 4.50. The van der Waals surface area contributed by atoms with E-state index in [1.54, 1.807) is 12.1 Å². The normalized spacial score (nSPS) is 16.6. The topological polar surface area (TPSA) is 41.1 Å². The van der Waals surface area contributed by atoms with Gasteiger partial charge in [0.2, 0.25) is 5.91 Å². The molecule has 92 valence electrons. The maximum atomic E-state index is 12.7. The Balaban J connectivity index is 1.77. The molecule has 0 radical (unpaired) electrons. The van der Waals surface area contributed by atoms with Crippen LogP contribution < -0.4 is 10.6 Å². The van der Waals surface area contributed by atoms with E-state index in [0.29, 0.717) is 12.6 Å². The van der Waals surface area contributed by atoms with Crippen LogP contribution in [0.25, 0.3) is 0 Å². The molecular weight excluding hydrogens is 219 g/mol. The molecule has 1 atom stereocenters. The molecule has 1 aromatic rings. The number of hydrogen-bond acceptors (Lipinski definition) is 2. The minimum Gasteiger partial charge on any atom is -0.352 e. The number of hydrogen-bond donors (Lipinski definition) is 2. The summed E-state index contributed by atoms with van der Waals surface area (Å²) in [5, 5.41) is 6.03. The quantitative estimate of drug-likeness (QED) is 0.818. The average Bonchev–Trinajstić information content (AvgIpc) is 3.11. The Morgan fingerprint density at radius 2 is 2.06 bits per heavy atom. The summed E-state index contributed by atoms with van der Waals surface area (Å²) >= 11 is 0. The van der Waals surface area contributed by atoms with Crippen LogP contribution in [0, 0.1) is 5.82 Å². The van der Waals surface area contributed by atoms with Crippen LogP contribution >= 0.6 is 0 Å². The maximum absolute atomic E-state index is 12.7. The van der Waals surface area contributed by atoms with Gasteiger partial charge in [0, 0.05) is 12.1 Å². The predicted molar refractivity (Wildman–Crippen MR) is 64.0 cm³/mol. The van der Waals surface area contributed by atoms with Crippen molar-refractivity contribution < 1.29 is 9.18 Å². The summed E-state index contributed by atoms with van der Waals surface area (Å²) in [6, 6.07) is 6.75. The Labute approximate surface area is 100 Å². The average molecular weight is 236 g/mol. The Morgan fingerprint density at radius 1 is 1.41 bits per heavy atom. The van der Waals surface area contributed by atoms with E-state index < -0.39 is 0 Å². The lowest BCUT2D eigenvalue weighted by Gasteiger charge is -2.14. The summed E-state index contributed by atoms with van der Waals surface area (Å²) in [7, 11) is 0. The van der Waals surface area contributed by atoms with E-state index in [4.69, 9.17) is 0 Å². The Kier molecular flexibility index (Phi) is 3.74. The molecule has 17 heavy (non-hydrogen) atoms. The maximum Gasteiger partial charge on any atom is 0.234 e. The van der Waals surface area contributed by atoms with Crippen LogP contribution in [0.1, 0.15) is 31.4 Å². The van der Waals surface area contributed by atoms with E-state index in [2.05, 4.69) is 10.6 Å². The van der Waals surface area contributed by atoms with E-state index in [1.807, 2.05) is 6.92 Å². The van der Waals surface area contributed by atoms with Crippen LogP contribution in [-0.2, 0) is 4.79 Å². The SMILES string of the molecule is C[C@@H](NCC(=O)NC1CC1)c1ccc(F)cc1. The lowest BCUT2D eigenvalue weighted by molar-refractivity contribution is -0.120. The van der Waals surface area contributed by atoms with Crippen LogP contribution in [0.15, 0.2) is 24.3 Å². The van der Waals surface area contributed by atoms with E-state index in [-0.39, 0.29) is 17.8 Å². The second-order valence-corrected chi connectivity index (χ2v) is 4.50. The zero-order valence-electron chi connectivity index (χ0n) is 9.87. The summed E-state index contributed by atoms with van der Waals surface area (Å²) in [6.07, 6.45) is 2.19. The molecule has 0 heterocycles. The molecule has 0 unspecified atom stereocenters. The number of carbonyl (C=O) groups is 1. The fourth-order valence-corrected chi connectivity index (χ4v) is 1.62. The van der Waals surface area contributed by atoms with E-state index in [9.17, 15) is 9.18 Å². The molecule has 1 aliphatic carbocycles. The monoisotopic (exact) mass is 236 g/mol. The third-order valence-corrected chi connectivity index (χ3v) is 2.88. The molecular formula is C13H17FN2O. The minimum atomic E-state index is -0.243. The van der Waals surface area contributed by atoms with Crippen molar-refractivity contribution >= 4 is 5.91 Å². The molecule has 3 nitrogen and oxygen atoms in total. The van der Waals surface area contributed by atoms with Crippen molar-refractivity contribution in [2.75, 3.05) is 6.54 Å². The number of halogens is 1. The van der Waals surface area contributed by atoms with Gasteiger partial charge >= 0.3 is 0 Å². The first-order valence-electron chi connectivity index (χ1n) is 5.93. The van der Waals surface area contributed by atoms with Crippen LogP contribution in [0.3, 0.4) is 0 Å². The van der Waals surface area contributed by atoms with Crippen molar-refractivity contribution in [3.63, 3.8) is 0 Å². The molecule has 1 saturated carbocycles. The zero-order valence-corrected chi connectivity index (χ0v) is 9.87. The fraction of sp³-hybridized carbons (Fsp3) is 0.462. The van der Waals surface area contributed by atoms with Gasteiger partial charge in [0.05, 0.1) is 6.54 Å². The molecule has 1 aliphatic rings. The Morgan fingerprint density at radius 3 is 2.65 bits per heavy atom. The van der Waals surface area contributed by atoms with Gasteiger partial charge in [-0.25, -0.2) is 4.39 Å². The van der Waals surface area contributed by atoms with E-state index in [1.165, 1.54) is 12.1 Å². The van der Waals surface area contributed by atoms with Gasteiger partial charge in [-0.3, -0.25) is 4.79 Å². The molecule has 0 bridgehead atoms. The minimum absolute atomic E-state index is 0.0291. The van der Waals surface area contributed by atoms with Crippen molar-refractivity contribution in [1.29, 1.82) is 0 Å². The zero-order chi connectivity index (χ0) is 12.3. The third-order valence-electron chi connectivity index (χ3n) is 2.88. The van der Waals surface area contributed by atoms with Gasteiger partial charge in [-0.2, -0.15) is 0 Å². The van der Waals surface area contributed by atoms with Crippen molar-refractivity contribution in [3.8, 4) is 0 Å². The number of nitrogens with one attached hydrogen (secondary N) is 2. The van der Waals surface area contributed by atoms with Gasteiger partial charge < -0.3 is 10.6 Å². The van der Waals surface area contributed by atoms with Crippen molar-refractivity contribution in [2.24, 2.45) is 0 Å². The van der Waals surface area contributed by atoms with Crippen LogP contribution in [-0.4, -0.2) is 18.5 Å². The van der Waals surface area contributed by atoms with Gasteiger partial charge in [-0.05, 0) is 37.5 Å². The van der Waals surface area contributed by atoms with Crippen molar-refractivity contribution in [2.45, 2.75) is 31.8 Å². The molecule has 1 aromatic carbocycles. The van der Waals surface area contributed by atoms with Gasteiger partial charge in [-0.1, -0.05) is 12.1 Å². The largest absolute Gasteiger partial charge is 0.352 e. The number of carbonyl (C=O) groups excluding carboxylic acids is 1. The molecule has 0 spiro atoms. The smallest absolute Gasteiger partial charge is 0.234 e. The Hall–Kier alpha value is -1.42. The number of benzene rings is 1. The molecule has 1 fully saturated rings. The molecule has 2 N–H and O–H groups in total. The van der Waals surface area contributed by atoms with Gasteiger partial charge in [0.25, 0.3) is 0 Å². The van der Waals surface area contributed by atoms with Gasteiger partial charge in [0.1, 0.15) is 5.82 Å². The lowest BCUT2D eigenvalue weighted by atomic mass is 10.1. The van der Waals surface area contributed by atoms with Crippen molar-refractivity contribution in [3.05, 3.63) is 35.6 Å². The molecule has 1 amide bonds. The van der Waals surface area contributed by atoms with E-state index in [0.717, 1.165) is 18.4 Å². The van der Waals surface area contributed by atoms with Crippen LogP contribution in [0.2, 0.25) is 0 Å². The standard InChI is InChI=1S/C13H17FN2O/c1-9(10-2-4-11(14)5-3-10)15-8-13(17)16-12-6-7-12/h2-5,9,12,15H,6-8H2,1H3,(H,16,17)/t9-/m1/s1. The second kappa shape index (κ2) is 5.27. The van der Waals surface area contributed by atoms with Crippen LogP contribution in [0.5, 0.6) is 0 Å². The predicted octanol–water partition coefficient (Wildman–Crippen LogP) is 1.75. The molecule has 0 saturated heterocycles. The van der Waals surface area contributed by atoms with Crippen LogP contribution in [0.4, 0.5) is 4.39 Å². The number of amides is 1.